The molecule has 0 aromatic heterocycles. The van der Waals surface area contributed by atoms with Gasteiger partial charge in [0.15, 0.2) is 0 Å². The number of allylic oxidation sites excluding steroid dienone is 4. The van der Waals surface area contributed by atoms with Crippen LogP contribution in [0.5, 0.6) is 0 Å². The number of aliphatic hydroxyl groups is 2. The lowest BCUT2D eigenvalue weighted by atomic mass is 10.0. The van der Waals surface area contributed by atoms with Crippen molar-refractivity contribution < 1.29 is 24.5 Å². The molecule has 378 valence electrons. The lowest BCUT2D eigenvalue weighted by Crippen LogP contribution is -2.46. The summed E-state index contributed by atoms with van der Waals surface area (Å²) in [5, 5.41) is 23.9. The second-order valence-corrected chi connectivity index (χ2v) is 19.7. The Morgan fingerprint density at radius 1 is 0.453 bits per heavy atom. The Morgan fingerprint density at radius 2 is 0.797 bits per heavy atom. The summed E-state index contributed by atoms with van der Waals surface area (Å²) in [5.41, 5.74) is 0. The highest BCUT2D eigenvalue weighted by Gasteiger charge is 2.24. The maximum Gasteiger partial charge on any atom is 0.306 e. The summed E-state index contributed by atoms with van der Waals surface area (Å²) in [4.78, 5) is 26.2. The molecule has 0 saturated carbocycles. The minimum absolute atomic E-state index is 0.0740. The molecule has 0 saturated heterocycles. The predicted molar refractivity (Wildman–Crippen MR) is 278 cm³/mol. The zero-order valence-corrected chi connectivity index (χ0v) is 43.2. The van der Waals surface area contributed by atoms with E-state index in [-0.39, 0.29) is 24.9 Å². The average Bonchev–Trinajstić information content (AvgIpc) is 3.29. The molecular formula is C58H111NO5. The zero-order valence-electron chi connectivity index (χ0n) is 43.2. The molecule has 0 aliphatic heterocycles. The Bertz CT molecular complexity index is 1010. The van der Waals surface area contributed by atoms with Crippen LogP contribution in [0, 0.1) is 0 Å². The van der Waals surface area contributed by atoms with E-state index >= 15 is 0 Å². The lowest BCUT2D eigenvalue weighted by molar-refractivity contribution is -0.151. The quantitative estimate of drug-likeness (QED) is 0.0321. The third kappa shape index (κ3) is 46.9. The van der Waals surface area contributed by atoms with E-state index in [1.807, 2.05) is 0 Å². The van der Waals surface area contributed by atoms with Crippen LogP contribution < -0.4 is 5.32 Å². The molecule has 0 heterocycles. The van der Waals surface area contributed by atoms with Crippen molar-refractivity contribution in [3.8, 4) is 0 Å². The summed E-state index contributed by atoms with van der Waals surface area (Å²) in [6.07, 6.45) is 60.9. The molecule has 6 heteroatoms. The highest BCUT2D eigenvalue weighted by Crippen LogP contribution is 2.19. The predicted octanol–water partition coefficient (Wildman–Crippen LogP) is 17.5. The zero-order chi connectivity index (χ0) is 46.7. The first-order valence-corrected chi connectivity index (χ1v) is 28.6. The second kappa shape index (κ2) is 52.3. The first kappa shape index (κ1) is 62.3. The van der Waals surface area contributed by atoms with Gasteiger partial charge in [-0.3, -0.25) is 9.59 Å². The number of rotatable bonds is 52. The van der Waals surface area contributed by atoms with Crippen molar-refractivity contribution in [1.29, 1.82) is 0 Å². The monoisotopic (exact) mass is 902 g/mol. The van der Waals surface area contributed by atoms with Gasteiger partial charge >= 0.3 is 5.97 Å². The number of amides is 1. The number of carbonyl (C=O) groups is 2. The largest absolute Gasteiger partial charge is 0.462 e. The van der Waals surface area contributed by atoms with E-state index in [0.717, 1.165) is 64.2 Å². The summed E-state index contributed by atoms with van der Waals surface area (Å²) < 4.78 is 5.95. The van der Waals surface area contributed by atoms with Gasteiger partial charge in [0, 0.05) is 6.42 Å². The van der Waals surface area contributed by atoms with E-state index in [9.17, 15) is 19.8 Å². The Hall–Kier alpha value is -1.66. The number of hydrogen-bond donors (Lipinski definition) is 3. The van der Waals surface area contributed by atoms with E-state index in [1.54, 1.807) is 0 Å². The number of ether oxygens (including phenoxy) is 1. The van der Waals surface area contributed by atoms with Crippen molar-refractivity contribution >= 4 is 11.9 Å². The van der Waals surface area contributed by atoms with Crippen LogP contribution in [0.4, 0.5) is 0 Å². The van der Waals surface area contributed by atoms with Crippen molar-refractivity contribution in [3.05, 3.63) is 24.3 Å². The first-order chi connectivity index (χ1) is 31.5. The number of unbranched alkanes of at least 4 members (excludes halogenated alkanes) is 36. The smallest absolute Gasteiger partial charge is 0.306 e. The average molecular weight is 903 g/mol. The normalized spacial score (nSPS) is 13.3. The molecule has 0 aliphatic carbocycles. The molecular weight excluding hydrogens is 791 g/mol. The summed E-state index contributed by atoms with van der Waals surface area (Å²) in [6.45, 7) is 6.49. The van der Waals surface area contributed by atoms with Crippen LogP contribution in [0.25, 0.3) is 0 Å². The molecule has 0 rings (SSSR count). The molecule has 1 amide bonds. The molecule has 0 aromatic carbocycles. The molecule has 0 spiro atoms. The highest BCUT2D eigenvalue weighted by molar-refractivity contribution is 5.77. The molecule has 0 bridgehead atoms. The lowest BCUT2D eigenvalue weighted by Gasteiger charge is -2.24. The van der Waals surface area contributed by atoms with E-state index in [0.29, 0.717) is 19.3 Å². The Labute approximate surface area is 399 Å². The molecule has 0 radical (unpaired) electrons. The van der Waals surface area contributed by atoms with E-state index in [4.69, 9.17) is 4.74 Å². The van der Waals surface area contributed by atoms with E-state index < -0.39 is 18.2 Å². The van der Waals surface area contributed by atoms with Crippen molar-refractivity contribution in [3.63, 3.8) is 0 Å². The van der Waals surface area contributed by atoms with Gasteiger partial charge in [-0.15, -0.1) is 0 Å². The molecule has 3 unspecified atom stereocenters. The van der Waals surface area contributed by atoms with Gasteiger partial charge in [-0.25, -0.2) is 0 Å². The molecule has 3 atom stereocenters. The van der Waals surface area contributed by atoms with Crippen LogP contribution in [0.15, 0.2) is 24.3 Å². The van der Waals surface area contributed by atoms with Gasteiger partial charge in [-0.2, -0.15) is 0 Å². The fraction of sp³-hybridized carbons (Fsp3) is 0.897. The SMILES string of the molecule is CCCCC/C=C\C/C=C\CCCCCCCC(CC(=O)NC(CO)C(O)CCCCCCCCCCCCCCCCCC)OC(=O)CCCCCCCCCCCCCCCC. The van der Waals surface area contributed by atoms with Gasteiger partial charge in [0.25, 0.3) is 0 Å². The number of hydrogen-bond acceptors (Lipinski definition) is 5. The van der Waals surface area contributed by atoms with Gasteiger partial charge in [0.05, 0.1) is 25.2 Å². The molecule has 64 heavy (non-hydrogen) atoms. The Morgan fingerprint density at radius 3 is 1.22 bits per heavy atom. The maximum atomic E-state index is 13.3. The summed E-state index contributed by atoms with van der Waals surface area (Å²) in [5.74, 6) is -0.469. The van der Waals surface area contributed by atoms with Crippen LogP contribution in [0.3, 0.4) is 0 Å². The fourth-order valence-corrected chi connectivity index (χ4v) is 8.93. The van der Waals surface area contributed by atoms with Crippen molar-refractivity contribution in [2.75, 3.05) is 6.61 Å². The van der Waals surface area contributed by atoms with Crippen molar-refractivity contribution in [2.24, 2.45) is 0 Å². The maximum absolute atomic E-state index is 13.3. The fourth-order valence-electron chi connectivity index (χ4n) is 8.93. The van der Waals surface area contributed by atoms with Crippen LogP contribution in [0.1, 0.15) is 310 Å². The third-order valence-corrected chi connectivity index (χ3v) is 13.3. The number of aliphatic hydroxyl groups excluding tert-OH is 2. The molecule has 6 nitrogen and oxygen atoms in total. The highest BCUT2D eigenvalue weighted by atomic mass is 16.5. The second-order valence-electron chi connectivity index (χ2n) is 19.7. The van der Waals surface area contributed by atoms with Crippen LogP contribution in [0.2, 0.25) is 0 Å². The van der Waals surface area contributed by atoms with Gasteiger partial charge < -0.3 is 20.3 Å². The van der Waals surface area contributed by atoms with E-state index in [1.165, 1.54) is 199 Å². The third-order valence-electron chi connectivity index (χ3n) is 13.3. The molecule has 0 aliphatic rings. The van der Waals surface area contributed by atoms with Crippen LogP contribution in [-0.2, 0) is 14.3 Å². The van der Waals surface area contributed by atoms with Gasteiger partial charge in [-0.1, -0.05) is 263 Å². The minimum atomic E-state index is -0.788. The van der Waals surface area contributed by atoms with Crippen LogP contribution >= 0.6 is 0 Å². The standard InChI is InChI=1S/C58H111NO5/c1-4-7-10-13-16-19-22-25-28-30-32-35-38-41-44-47-50-56(61)55(53-60)59-57(62)52-54(49-46-43-40-37-34-31-29-26-23-20-17-14-11-8-5-2)64-58(63)51-48-45-42-39-36-33-27-24-21-18-15-12-9-6-3/h17,20,26,29,54-56,60-61H,4-16,18-19,21-25,27-28,30-53H2,1-3H3,(H,59,62)/b20-17-,29-26-. The molecule has 0 aromatic rings. The van der Waals surface area contributed by atoms with Crippen molar-refractivity contribution in [1.82, 2.24) is 5.32 Å². The molecule has 0 fully saturated rings. The summed E-state index contributed by atoms with van der Waals surface area (Å²) >= 11 is 0. The van der Waals surface area contributed by atoms with Gasteiger partial charge in [-0.05, 0) is 57.8 Å². The Kier molecular flexibility index (Phi) is 51.0. The number of esters is 1. The Balaban J connectivity index is 4.53. The van der Waals surface area contributed by atoms with E-state index in [2.05, 4.69) is 50.4 Å². The van der Waals surface area contributed by atoms with Crippen molar-refractivity contribution in [2.45, 2.75) is 328 Å². The van der Waals surface area contributed by atoms with Crippen LogP contribution in [-0.4, -0.2) is 46.9 Å². The van der Waals surface area contributed by atoms with Gasteiger partial charge in [0.1, 0.15) is 6.10 Å². The minimum Gasteiger partial charge on any atom is -0.462 e. The number of nitrogens with one attached hydrogen (secondary N) is 1. The topological polar surface area (TPSA) is 95.9 Å². The van der Waals surface area contributed by atoms with Gasteiger partial charge in [0.2, 0.25) is 5.91 Å². The first-order valence-electron chi connectivity index (χ1n) is 28.6. The molecule has 3 N–H and O–H groups in total. The summed E-state index contributed by atoms with van der Waals surface area (Å²) in [7, 11) is 0. The number of carbonyl (C=O) groups excluding carboxylic acids is 2. The summed E-state index contributed by atoms with van der Waals surface area (Å²) in [6, 6.07) is -0.702.